The summed E-state index contributed by atoms with van der Waals surface area (Å²) in [5, 5.41) is 0. The van der Waals surface area contributed by atoms with Crippen LogP contribution in [0, 0.1) is 0 Å². The first-order valence-electron chi connectivity index (χ1n) is 10.1. The van der Waals surface area contributed by atoms with Crippen LogP contribution in [0.4, 0.5) is 5.95 Å². The van der Waals surface area contributed by atoms with E-state index in [1.165, 1.54) is 12.8 Å². The van der Waals surface area contributed by atoms with Crippen molar-refractivity contribution in [3.63, 3.8) is 0 Å². The molecule has 0 spiro atoms. The SMILES string of the molecule is COc1ccccc1/C=C\CN1CCC(c2cc(=O)[nH]c(N3CCCC3)n2)C1. The van der Waals surface area contributed by atoms with Gasteiger partial charge in [-0.05, 0) is 31.9 Å². The molecule has 1 aromatic heterocycles. The lowest BCUT2D eigenvalue weighted by atomic mass is 10.1. The van der Waals surface area contributed by atoms with Gasteiger partial charge in [-0.25, -0.2) is 4.98 Å². The van der Waals surface area contributed by atoms with Gasteiger partial charge in [-0.1, -0.05) is 30.4 Å². The highest BCUT2D eigenvalue weighted by Crippen LogP contribution is 2.26. The molecule has 1 atom stereocenters. The summed E-state index contributed by atoms with van der Waals surface area (Å²) < 4.78 is 5.40. The lowest BCUT2D eigenvalue weighted by molar-refractivity contribution is 0.371. The van der Waals surface area contributed by atoms with E-state index >= 15 is 0 Å². The lowest BCUT2D eigenvalue weighted by Crippen LogP contribution is -2.25. The van der Waals surface area contributed by atoms with Gasteiger partial charge >= 0.3 is 0 Å². The van der Waals surface area contributed by atoms with Crippen molar-refractivity contribution in [3.8, 4) is 5.75 Å². The van der Waals surface area contributed by atoms with E-state index in [0.717, 1.165) is 62.1 Å². The molecule has 1 unspecified atom stereocenters. The van der Waals surface area contributed by atoms with E-state index in [1.54, 1.807) is 13.2 Å². The van der Waals surface area contributed by atoms with Crippen molar-refractivity contribution in [1.82, 2.24) is 14.9 Å². The third kappa shape index (κ3) is 4.28. The summed E-state index contributed by atoms with van der Waals surface area (Å²) in [6.45, 7) is 4.81. The summed E-state index contributed by atoms with van der Waals surface area (Å²) in [7, 11) is 1.70. The molecule has 1 aromatic carbocycles. The number of nitrogens with zero attached hydrogens (tertiary/aromatic N) is 3. The van der Waals surface area contributed by atoms with Gasteiger partial charge in [0.15, 0.2) is 0 Å². The minimum Gasteiger partial charge on any atom is -0.496 e. The van der Waals surface area contributed by atoms with Gasteiger partial charge in [0.25, 0.3) is 5.56 Å². The van der Waals surface area contributed by atoms with Crippen LogP contribution >= 0.6 is 0 Å². The van der Waals surface area contributed by atoms with Gasteiger partial charge in [-0.2, -0.15) is 0 Å². The molecule has 2 saturated heterocycles. The van der Waals surface area contributed by atoms with Crippen molar-refractivity contribution in [1.29, 1.82) is 0 Å². The van der Waals surface area contributed by atoms with Crippen LogP contribution in [0.5, 0.6) is 5.75 Å². The number of rotatable bonds is 6. The molecule has 0 amide bonds. The molecule has 6 heteroatoms. The average molecular weight is 380 g/mol. The van der Waals surface area contributed by atoms with Gasteiger partial charge in [0.1, 0.15) is 5.75 Å². The fourth-order valence-electron chi connectivity index (χ4n) is 4.12. The summed E-state index contributed by atoms with van der Waals surface area (Å²) in [6.07, 6.45) is 7.68. The van der Waals surface area contributed by atoms with Crippen molar-refractivity contribution in [2.75, 3.05) is 44.7 Å². The van der Waals surface area contributed by atoms with Crippen LogP contribution in [-0.2, 0) is 0 Å². The number of H-pyrrole nitrogens is 1. The van der Waals surface area contributed by atoms with E-state index in [1.807, 2.05) is 18.2 Å². The van der Waals surface area contributed by atoms with Gasteiger partial charge in [0, 0.05) is 43.7 Å². The highest BCUT2D eigenvalue weighted by Gasteiger charge is 2.26. The second-order valence-corrected chi connectivity index (χ2v) is 7.58. The number of nitrogens with one attached hydrogen (secondary N) is 1. The maximum Gasteiger partial charge on any atom is 0.252 e. The summed E-state index contributed by atoms with van der Waals surface area (Å²) in [5.74, 6) is 1.96. The van der Waals surface area contributed by atoms with Gasteiger partial charge in [0.2, 0.25) is 5.95 Å². The molecule has 0 saturated carbocycles. The zero-order chi connectivity index (χ0) is 19.3. The molecule has 0 radical (unpaired) electrons. The van der Waals surface area contributed by atoms with Crippen LogP contribution in [0.2, 0.25) is 0 Å². The first-order chi connectivity index (χ1) is 13.7. The number of benzene rings is 1. The number of hydrogen-bond acceptors (Lipinski definition) is 5. The normalized spacial score (nSPS) is 20.3. The van der Waals surface area contributed by atoms with E-state index in [2.05, 4.69) is 33.0 Å². The summed E-state index contributed by atoms with van der Waals surface area (Å²) >= 11 is 0. The predicted octanol–water partition coefficient (Wildman–Crippen LogP) is 2.88. The fourth-order valence-corrected chi connectivity index (χ4v) is 4.12. The molecule has 148 valence electrons. The van der Waals surface area contributed by atoms with Crippen LogP contribution in [-0.4, -0.2) is 54.7 Å². The number of hydrogen-bond donors (Lipinski definition) is 1. The van der Waals surface area contributed by atoms with E-state index in [-0.39, 0.29) is 5.56 Å². The van der Waals surface area contributed by atoms with Gasteiger partial charge in [0.05, 0.1) is 12.8 Å². The standard InChI is InChI=1S/C22H28N4O2/c1-28-20-9-3-2-7-17(20)8-6-11-25-14-10-18(16-25)19-15-21(27)24-22(23-19)26-12-4-5-13-26/h2-3,6-9,15,18H,4-5,10-14,16H2,1H3,(H,23,24,27)/b8-6-. The van der Waals surface area contributed by atoms with Crippen molar-refractivity contribution in [2.24, 2.45) is 0 Å². The zero-order valence-electron chi connectivity index (χ0n) is 16.4. The van der Waals surface area contributed by atoms with E-state index in [9.17, 15) is 4.79 Å². The highest BCUT2D eigenvalue weighted by atomic mass is 16.5. The Morgan fingerprint density at radius 1 is 1.25 bits per heavy atom. The number of aromatic amines is 1. The summed E-state index contributed by atoms with van der Waals surface area (Å²) in [5.41, 5.74) is 1.98. The van der Waals surface area contributed by atoms with Crippen molar-refractivity contribution in [3.05, 3.63) is 58.0 Å². The van der Waals surface area contributed by atoms with Crippen molar-refractivity contribution >= 4 is 12.0 Å². The number of para-hydroxylation sites is 1. The van der Waals surface area contributed by atoms with Gasteiger partial charge < -0.3 is 9.64 Å². The lowest BCUT2D eigenvalue weighted by Gasteiger charge is -2.18. The Hall–Kier alpha value is -2.60. The van der Waals surface area contributed by atoms with Crippen molar-refractivity contribution < 1.29 is 4.74 Å². The Labute approximate surface area is 165 Å². The topological polar surface area (TPSA) is 61.5 Å². The molecule has 28 heavy (non-hydrogen) atoms. The number of methoxy groups -OCH3 is 1. The number of anilines is 1. The zero-order valence-corrected chi connectivity index (χ0v) is 16.4. The fraction of sp³-hybridized carbons (Fsp3) is 0.455. The van der Waals surface area contributed by atoms with Gasteiger partial charge in [-0.3, -0.25) is 14.7 Å². The molecule has 0 aliphatic carbocycles. The maximum absolute atomic E-state index is 12.1. The Kier molecular flexibility index (Phi) is 5.76. The largest absolute Gasteiger partial charge is 0.496 e. The molecular weight excluding hydrogens is 352 g/mol. The third-order valence-corrected chi connectivity index (χ3v) is 5.65. The monoisotopic (exact) mass is 380 g/mol. The molecule has 6 nitrogen and oxygen atoms in total. The molecule has 2 aliphatic rings. The van der Waals surface area contributed by atoms with Crippen LogP contribution < -0.4 is 15.2 Å². The molecule has 2 fully saturated rings. The third-order valence-electron chi connectivity index (χ3n) is 5.65. The minimum atomic E-state index is -0.0404. The minimum absolute atomic E-state index is 0.0404. The predicted molar refractivity (Wildman–Crippen MR) is 112 cm³/mol. The molecule has 0 bridgehead atoms. The number of aromatic nitrogens is 2. The molecule has 2 aromatic rings. The summed E-state index contributed by atoms with van der Waals surface area (Å²) in [6, 6.07) is 9.71. The first kappa shape index (κ1) is 18.7. The Morgan fingerprint density at radius 2 is 2.07 bits per heavy atom. The van der Waals surface area contributed by atoms with E-state index in [4.69, 9.17) is 9.72 Å². The quantitative estimate of drug-likeness (QED) is 0.835. The molecule has 1 N–H and O–H groups in total. The highest BCUT2D eigenvalue weighted by molar-refractivity contribution is 5.57. The van der Waals surface area contributed by atoms with E-state index in [0.29, 0.717) is 5.92 Å². The molecule has 3 heterocycles. The number of ether oxygens (including phenoxy) is 1. The van der Waals surface area contributed by atoms with Gasteiger partial charge in [-0.15, -0.1) is 0 Å². The van der Waals surface area contributed by atoms with Crippen LogP contribution in [0.25, 0.3) is 6.08 Å². The van der Waals surface area contributed by atoms with Crippen LogP contribution in [0.1, 0.15) is 36.4 Å². The number of likely N-dealkylation sites (tertiary alicyclic amines) is 1. The smallest absolute Gasteiger partial charge is 0.252 e. The average Bonchev–Trinajstić information content (AvgIpc) is 3.40. The second-order valence-electron chi connectivity index (χ2n) is 7.58. The maximum atomic E-state index is 12.1. The summed E-state index contributed by atoms with van der Waals surface area (Å²) in [4.78, 5) is 24.4. The van der Waals surface area contributed by atoms with Crippen LogP contribution in [0.15, 0.2) is 41.2 Å². The molecular formula is C22H28N4O2. The Balaban J connectivity index is 1.39. The van der Waals surface area contributed by atoms with E-state index < -0.39 is 0 Å². The molecule has 2 aliphatic heterocycles. The molecule has 4 rings (SSSR count). The second kappa shape index (κ2) is 8.61. The van der Waals surface area contributed by atoms with Crippen LogP contribution in [0.3, 0.4) is 0 Å². The van der Waals surface area contributed by atoms with Crippen molar-refractivity contribution in [2.45, 2.75) is 25.2 Å². The Bertz CT molecular complexity index is 886. The first-order valence-corrected chi connectivity index (χ1v) is 10.1. The Morgan fingerprint density at radius 3 is 2.89 bits per heavy atom.